The van der Waals surface area contributed by atoms with Crippen LogP contribution in [-0.2, 0) is 13.6 Å². The van der Waals surface area contributed by atoms with Gasteiger partial charge in [0.2, 0.25) is 5.78 Å². The number of hydrogen-bond donors (Lipinski definition) is 1. The van der Waals surface area contributed by atoms with Crippen LogP contribution in [0, 0.1) is 0 Å². The molecular weight excluding hydrogens is 194 g/mol. The second-order valence-electron chi connectivity index (χ2n) is 3.14. The maximum Gasteiger partial charge on any atom is 0.246 e. The number of nitrogens with zero attached hydrogens (tertiary/aromatic N) is 2. The highest BCUT2D eigenvalue weighted by molar-refractivity contribution is 6.05. The van der Waals surface area contributed by atoms with Crippen molar-refractivity contribution in [1.29, 1.82) is 0 Å². The number of nitrogens with two attached hydrogens (primary N) is 1. The molecule has 0 saturated carbocycles. The van der Waals surface area contributed by atoms with Gasteiger partial charge in [-0.2, -0.15) is 5.10 Å². The Morgan fingerprint density at radius 1 is 1.53 bits per heavy atom. The largest absolute Gasteiger partial charge is 0.456 e. The number of carbonyl (C=O) groups is 1. The number of rotatable bonds is 3. The van der Waals surface area contributed by atoms with Gasteiger partial charge in [0.05, 0.1) is 6.54 Å². The Bertz CT molecular complexity index is 484. The zero-order valence-electron chi connectivity index (χ0n) is 8.30. The fourth-order valence-corrected chi connectivity index (χ4v) is 1.33. The van der Waals surface area contributed by atoms with E-state index in [-0.39, 0.29) is 5.78 Å². The molecule has 0 bridgehead atoms. The molecule has 0 saturated heterocycles. The van der Waals surface area contributed by atoms with Gasteiger partial charge in [0.15, 0.2) is 5.76 Å². The average Bonchev–Trinajstić information content (AvgIpc) is 2.84. The molecule has 0 atom stereocenters. The molecule has 78 valence electrons. The van der Waals surface area contributed by atoms with Crippen LogP contribution in [0.3, 0.4) is 0 Å². The van der Waals surface area contributed by atoms with Crippen LogP contribution in [-0.4, -0.2) is 15.6 Å². The lowest BCUT2D eigenvalue weighted by atomic mass is 10.2. The van der Waals surface area contributed by atoms with E-state index in [1.807, 2.05) is 0 Å². The van der Waals surface area contributed by atoms with Crippen LogP contribution in [0.25, 0.3) is 0 Å². The molecule has 15 heavy (non-hydrogen) atoms. The van der Waals surface area contributed by atoms with E-state index in [9.17, 15) is 4.79 Å². The van der Waals surface area contributed by atoms with E-state index < -0.39 is 0 Å². The Morgan fingerprint density at radius 3 is 2.87 bits per heavy atom. The minimum atomic E-state index is -0.185. The van der Waals surface area contributed by atoms with Crippen molar-refractivity contribution in [3.05, 3.63) is 41.6 Å². The predicted octanol–water partition coefficient (Wildman–Crippen LogP) is 0.703. The number of aromatic nitrogens is 2. The molecule has 0 aliphatic rings. The molecule has 0 aromatic carbocycles. The summed E-state index contributed by atoms with van der Waals surface area (Å²) in [6.45, 7) is 0.290. The molecule has 0 spiro atoms. The summed E-state index contributed by atoms with van der Waals surface area (Å²) in [6.07, 6.45) is 1.57. The zero-order chi connectivity index (χ0) is 10.8. The van der Waals surface area contributed by atoms with E-state index >= 15 is 0 Å². The van der Waals surface area contributed by atoms with Crippen molar-refractivity contribution in [2.24, 2.45) is 12.8 Å². The normalized spacial score (nSPS) is 10.5. The molecule has 0 aliphatic heterocycles. The third-order valence-corrected chi connectivity index (χ3v) is 2.14. The van der Waals surface area contributed by atoms with Gasteiger partial charge in [-0.3, -0.25) is 9.48 Å². The molecule has 2 aromatic heterocycles. The van der Waals surface area contributed by atoms with Crippen molar-refractivity contribution in [2.45, 2.75) is 6.54 Å². The fraction of sp³-hybridized carbons (Fsp3) is 0.200. The molecule has 5 heteroatoms. The molecule has 2 heterocycles. The van der Waals surface area contributed by atoms with Crippen LogP contribution < -0.4 is 5.73 Å². The molecule has 2 N–H and O–H groups in total. The summed E-state index contributed by atoms with van der Waals surface area (Å²) in [4.78, 5) is 11.9. The van der Waals surface area contributed by atoms with Gasteiger partial charge >= 0.3 is 0 Å². The van der Waals surface area contributed by atoms with Gasteiger partial charge < -0.3 is 10.2 Å². The molecule has 0 aliphatic carbocycles. The van der Waals surface area contributed by atoms with E-state index in [0.717, 1.165) is 0 Å². The van der Waals surface area contributed by atoms with Crippen molar-refractivity contribution < 1.29 is 9.21 Å². The van der Waals surface area contributed by atoms with Crippen LogP contribution in [0.2, 0.25) is 0 Å². The Balaban J connectivity index is 2.32. The van der Waals surface area contributed by atoms with Gasteiger partial charge in [-0.25, -0.2) is 0 Å². The van der Waals surface area contributed by atoms with Crippen molar-refractivity contribution in [3.63, 3.8) is 0 Å². The second kappa shape index (κ2) is 3.70. The van der Waals surface area contributed by atoms with E-state index in [1.165, 1.54) is 4.68 Å². The van der Waals surface area contributed by atoms with E-state index in [1.54, 1.807) is 31.4 Å². The molecular formula is C10H11N3O2. The summed E-state index contributed by atoms with van der Waals surface area (Å²) in [7, 11) is 1.71. The van der Waals surface area contributed by atoms with Gasteiger partial charge in [0.1, 0.15) is 11.5 Å². The van der Waals surface area contributed by atoms with Crippen molar-refractivity contribution in [2.75, 3.05) is 0 Å². The van der Waals surface area contributed by atoms with Crippen LogP contribution in [0.5, 0.6) is 0 Å². The number of ketones is 1. The third kappa shape index (κ3) is 1.69. The van der Waals surface area contributed by atoms with Crippen LogP contribution in [0.15, 0.2) is 28.8 Å². The summed E-state index contributed by atoms with van der Waals surface area (Å²) in [5.41, 5.74) is 5.88. The monoisotopic (exact) mass is 205 g/mol. The highest BCUT2D eigenvalue weighted by Crippen LogP contribution is 2.12. The molecule has 2 aromatic rings. The molecule has 2 rings (SSSR count). The van der Waals surface area contributed by atoms with Crippen LogP contribution in [0.4, 0.5) is 0 Å². The summed E-state index contributed by atoms with van der Waals surface area (Å²) in [5.74, 6) is 0.703. The smallest absolute Gasteiger partial charge is 0.246 e. The van der Waals surface area contributed by atoms with Gasteiger partial charge in [0.25, 0.3) is 0 Å². The van der Waals surface area contributed by atoms with E-state index in [0.29, 0.717) is 23.8 Å². The molecule has 5 nitrogen and oxygen atoms in total. The standard InChI is InChI=1S/C10H11N3O2/c1-13-8(4-5-12-13)10(14)9-3-2-7(6-11)15-9/h2-5H,6,11H2,1H3. The van der Waals surface area contributed by atoms with Gasteiger partial charge in [-0.05, 0) is 18.2 Å². The lowest BCUT2D eigenvalue weighted by molar-refractivity contribution is 0.0998. The topological polar surface area (TPSA) is 74.0 Å². The first-order chi connectivity index (χ1) is 7.22. The molecule has 0 fully saturated rings. The molecule has 0 unspecified atom stereocenters. The maximum absolute atomic E-state index is 11.9. The zero-order valence-corrected chi connectivity index (χ0v) is 8.30. The first-order valence-corrected chi connectivity index (χ1v) is 4.54. The van der Waals surface area contributed by atoms with Gasteiger partial charge in [0, 0.05) is 13.2 Å². The quantitative estimate of drug-likeness (QED) is 0.748. The van der Waals surface area contributed by atoms with E-state index in [4.69, 9.17) is 10.2 Å². The number of aryl methyl sites for hydroxylation is 1. The van der Waals surface area contributed by atoms with Gasteiger partial charge in [-0.15, -0.1) is 0 Å². The Hall–Kier alpha value is -1.88. The number of carbonyl (C=O) groups excluding carboxylic acids is 1. The van der Waals surface area contributed by atoms with Crippen LogP contribution in [0.1, 0.15) is 22.0 Å². The Kier molecular flexibility index (Phi) is 2.39. The van der Waals surface area contributed by atoms with Crippen molar-refractivity contribution in [1.82, 2.24) is 9.78 Å². The highest BCUT2D eigenvalue weighted by Gasteiger charge is 2.16. The number of hydrogen-bond acceptors (Lipinski definition) is 4. The van der Waals surface area contributed by atoms with Crippen molar-refractivity contribution in [3.8, 4) is 0 Å². The maximum atomic E-state index is 11.9. The highest BCUT2D eigenvalue weighted by atomic mass is 16.3. The predicted molar refractivity (Wildman–Crippen MR) is 53.2 cm³/mol. The SMILES string of the molecule is Cn1nccc1C(=O)c1ccc(CN)o1. The fourth-order valence-electron chi connectivity index (χ4n) is 1.33. The average molecular weight is 205 g/mol. The summed E-state index contributed by atoms with van der Waals surface area (Å²) in [5, 5.41) is 3.92. The van der Waals surface area contributed by atoms with Crippen molar-refractivity contribution >= 4 is 5.78 Å². The lowest BCUT2D eigenvalue weighted by Crippen LogP contribution is -2.07. The Labute approximate surface area is 86.5 Å². The third-order valence-electron chi connectivity index (χ3n) is 2.14. The summed E-state index contributed by atoms with van der Waals surface area (Å²) >= 11 is 0. The molecule has 0 radical (unpaired) electrons. The second-order valence-corrected chi connectivity index (χ2v) is 3.14. The number of furan rings is 1. The molecule has 0 amide bonds. The van der Waals surface area contributed by atoms with Gasteiger partial charge in [-0.1, -0.05) is 0 Å². The van der Waals surface area contributed by atoms with E-state index in [2.05, 4.69) is 5.10 Å². The first-order valence-electron chi connectivity index (χ1n) is 4.54. The minimum absolute atomic E-state index is 0.185. The minimum Gasteiger partial charge on any atom is -0.456 e. The Morgan fingerprint density at radius 2 is 2.33 bits per heavy atom. The first kappa shape index (κ1) is 9.67. The lowest BCUT2D eigenvalue weighted by Gasteiger charge is -1.97. The van der Waals surface area contributed by atoms with Crippen LogP contribution >= 0.6 is 0 Å². The summed E-state index contributed by atoms with van der Waals surface area (Å²) < 4.78 is 6.76. The summed E-state index contributed by atoms with van der Waals surface area (Å²) in [6, 6.07) is 4.97.